The summed E-state index contributed by atoms with van der Waals surface area (Å²) in [6.45, 7) is 1.48. The monoisotopic (exact) mass is 377 g/mol. The number of hydrogen-bond acceptors (Lipinski definition) is 6. The zero-order valence-corrected chi connectivity index (χ0v) is 15.7. The van der Waals surface area contributed by atoms with E-state index in [2.05, 4.69) is 25.6 Å². The molecule has 2 aromatic heterocycles. The SMILES string of the molecule is COc1cc2[nH]c3c(Nc4ccc(NC(C)=O)cc4)ncnc3c2cc1OC. The number of aromatic nitrogens is 3. The van der Waals surface area contributed by atoms with Gasteiger partial charge in [-0.1, -0.05) is 0 Å². The van der Waals surface area contributed by atoms with Gasteiger partial charge in [0.05, 0.1) is 19.7 Å². The van der Waals surface area contributed by atoms with Crippen molar-refractivity contribution >= 4 is 45.0 Å². The largest absolute Gasteiger partial charge is 0.493 e. The van der Waals surface area contributed by atoms with Gasteiger partial charge in [-0.05, 0) is 30.3 Å². The topological polar surface area (TPSA) is 101 Å². The van der Waals surface area contributed by atoms with Crippen LogP contribution in [0, 0.1) is 0 Å². The molecular weight excluding hydrogens is 358 g/mol. The molecule has 0 radical (unpaired) electrons. The van der Waals surface area contributed by atoms with Gasteiger partial charge in [-0.25, -0.2) is 9.97 Å². The van der Waals surface area contributed by atoms with Crippen molar-refractivity contribution in [2.45, 2.75) is 6.92 Å². The molecule has 0 aliphatic heterocycles. The first-order chi connectivity index (χ1) is 13.6. The molecule has 28 heavy (non-hydrogen) atoms. The number of ether oxygens (including phenoxy) is 2. The van der Waals surface area contributed by atoms with Gasteiger partial charge in [-0.2, -0.15) is 0 Å². The molecule has 2 heterocycles. The Morgan fingerprint density at radius 1 is 1.00 bits per heavy atom. The number of amides is 1. The maximum absolute atomic E-state index is 11.1. The molecule has 0 aliphatic carbocycles. The lowest BCUT2D eigenvalue weighted by Gasteiger charge is -2.08. The van der Waals surface area contributed by atoms with Crippen LogP contribution in [0.4, 0.5) is 17.2 Å². The Balaban J connectivity index is 1.74. The number of nitrogens with one attached hydrogen (secondary N) is 3. The van der Waals surface area contributed by atoms with Crippen LogP contribution in [-0.4, -0.2) is 35.1 Å². The fourth-order valence-electron chi connectivity index (χ4n) is 3.09. The number of rotatable bonds is 5. The first-order valence-electron chi connectivity index (χ1n) is 8.62. The summed E-state index contributed by atoms with van der Waals surface area (Å²) < 4.78 is 10.8. The summed E-state index contributed by atoms with van der Waals surface area (Å²) >= 11 is 0. The predicted octanol–water partition coefficient (Wildman–Crippen LogP) is 3.83. The molecule has 3 N–H and O–H groups in total. The summed E-state index contributed by atoms with van der Waals surface area (Å²) in [6, 6.07) is 11.2. The van der Waals surface area contributed by atoms with Crippen LogP contribution < -0.4 is 20.1 Å². The molecule has 142 valence electrons. The molecule has 4 aromatic rings. The highest BCUT2D eigenvalue weighted by atomic mass is 16.5. The fourth-order valence-corrected chi connectivity index (χ4v) is 3.09. The maximum Gasteiger partial charge on any atom is 0.221 e. The Hall–Kier alpha value is -3.81. The van der Waals surface area contributed by atoms with Crippen LogP contribution >= 0.6 is 0 Å². The van der Waals surface area contributed by atoms with Crippen molar-refractivity contribution in [2.24, 2.45) is 0 Å². The number of aromatic amines is 1. The van der Waals surface area contributed by atoms with E-state index in [9.17, 15) is 4.79 Å². The number of fused-ring (bicyclic) bond motifs is 3. The Morgan fingerprint density at radius 3 is 2.36 bits per heavy atom. The van der Waals surface area contributed by atoms with Crippen molar-refractivity contribution in [1.82, 2.24) is 15.0 Å². The number of carbonyl (C=O) groups excluding carboxylic acids is 1. The van der Waals surface area contributed by atoms with E-state index in [1.807, 2.05) is 36.4 Å². The van der Waals surface area contributed by atoms with Gasteiger partial charge in [-0.3, -0.25) is 4.79 Å². The van der Waals surface area contributed by atoms with E-state index in [0.29, 0.717) is 17.3 Å². The molecule has 2 aromatic carbocycles. The summed E-state index contributed by atoms with van der Waals surface area (Å²) in [7, 11) is 3.20. The molecule has 0 aliphatic rings. The van der Waals surface area contributed by atoms with Gasteiger partial charge in [0.1, 0.15) is 17.4 Å². The van der Waals surface area contributed by atoms with E-state index in [1.165, 1.54) is 13.3 Å². The van der Waals surface area contributed by atoms with E-state index in [1.54, 1.807) is 14.2 Å². The molecule has 0 saturated heterocycles. The molecule has 0 unspecified atom stereocenters. The maximum atomic E-state index is 11.1. The molecule has 0 saturated carbocycles. The van der Waals surface area contributed by atoms with Crippen molar-refractivity contribution in [3.63, 3.8) is 0 Å². The highest BCUT2D eigenvalue weighted by Gasteiger charge is 2.14. The first kappa shape index (κ1) is 17.6. The van der Waals surface area contributed by atoms with Crippen molar-refractivity contribution in [2.75, 3.05) is 24.9 Å². The zero-order valence-electron chi connectivity index (χ0n) is 15.7. The minimum atomic E-state index is -0.109. The van der Waals surface area contributed by atoms with Gasteiger partial charge < -0.3 is 25.1 Å². The van der Waals surface area contributed by atoms with Crippen molar-refractivity contribution in [3.05, 3.63) is 42.7 Å². The molecule has 0 fully saturated rings. The fraction of sp³-hybridized carbons (Fsp3) is 0.150. The van der Waals surface area contributed by atoms with Crippen LogP contribution in [0.25, 0.3) is 21.9 Å². The molecule has 8 heteroatoms. The van der Waals surface area contributed by atoms with Gasteiger partial charge in [0.15, 0.2) is 17.3 Å². The highest BCUT2D eigenvalue weighted by molar-refractivity contribution is 6.09. The van der Waals surface area contributed by atoms with Crippen LogP contribution in [0.2, 0.25) is 0 Å². The van der Waals surface area contributed by atoms with Crippen LogP contribution in [0.1, 0.15) is 6.92 Å². The van der Waals surface area contributed by atoms with Gasteiger partial charge in [0, 0.05) is 29.8 Å². The average Bonchev–Trinajstić information content (AvgIpc) is 3.06. The Morgan fingerprint density at radius 2 is 1.68 bits per heavy atom. The van der Waals surface area contributed by atoms with Crippen LogP contribution in [0.5, 0.6) is 11.5 Å². The third-order valence-electron chi connectivity index (χ3n) is 4.35. The van der Waals surface area contributed by atoms with Crippen molar-refractivity contribution in [1.29, 1.82) is 0 Å². The van der Waals surface area contributed by atoms with Crippen molar-refractivity contribution < 1.29 is 14.3 Å². The van der Waals surface area contributed by atoms with Crippen LogP contribution in [-0.2, 0) is 4.79 Å². The van der Waals surface area contributed by atoms with E-state index in [-0.39, 0.29) is 5.91 Å². The lowest BCUT2D eigenvalue weighted by molar-refractivity contribution is -0.114. The predicted molar refractivity (Wildman–Crippen MR) is 109 cm³/mol. The van der Waals surface area contributed by atoms with Crippen molar-refractivity contribution in [3.8, 4) is 11.5 Å². The second kappa shape index (κ2) is 7.07. The lowest BCUT2D eigenvalue weighted by atomic mass is 10.2. The zero-order chi connectivity index (χ0) is 19.7. The standard InChI is InChI=1S/C20H19N5O3/c1-11(26)23-12-4-6-13(7-5-12)24-20-19-18(21-10-22-20)14-8-16(27-2)17(28-3)9-15(14)25-19/h4-10,25H,1-3H3,(H,23,26)(H,21,22,24). The number of H-pyrrole nitrogens is 1. The third kappa shape index (κ3) is 3.16. The Bertz CT molecular complexity index is 1170. The first-order valence-corrected chi connectivity index (χ1v) is 8.62. The molecule has 0 spiro atoms. The number of methoxy groups -OCH3 is 2. The Kier molecular flexibility index (Phi) is 4.44. The molecule has 4 rings (SSSR count). The summed E-state index contributed by atoms with van der Waals surface area (Å²) in [4.78, 5) is 23.3. The second-order valence-corrected chi connectivity index (χ2v) is 6.21. The van der Waals surface area contributed by atoms with Gasteiger partial charge in [0.25, 0.3) is 0 Å². The van der Waals surface area contributed by atoms with Gasteiger partial charge in [-0.15, -0.1) is 0 Å². The second-order valence-electron chi connectivity index (χ2n) is 6.21. The Labute approximate surface area is 160 Å². The quantitative estimate of drug-likeness (QED) is 0.489. The minimum Gasteiger partial charge on any atom is -0.493 e. The molecule has 0 bridgehead atoms. The van der Waals surface area contributed by atoms with Crippen LogP contribution in [0.15, 0.2) is 42.7 Å². The third-order valence-corrected chi connectivity index (χ3v) is 4.35. The summed E-state index contributed by atoms with van der Waals surface area (Å²) in [5.41, 5.74) is 4.00. The van der Waals surface area contributed by atoms with E-state index in [0.717, 1.165) is 33.3 Å². The number of benzene rings is 2. The van der Waals surface area contributed by atoms with Gasteiger partial charge in [0.2, 0.25) is 5.91 Å². The molecule has 0 atom stereocenters. The van der Waals surface area contributed by atoms with Gasteiger partial charge >= 0.3 is 0 Å². The smallest absolute Gasteiger partial charge is 0.221 e. The van der Waals surface area contributed by atoms with E-state index in [4.69, 9.17) is 9.47 Å². The number of carbonyl (C=O) groups is 1. The summed E-state index contributed by atoms with van der Waals surface area (Å²) in [6.07, 6.45) is 1.51. The summed E-state index contributed by atoms with van der Waals surface area (Å²) in [5, 5.41) is 6.95. The molecular formula is C20H19N5O3. The van der Waals surface area contributed by atoms with Crippen LogP contribution in [0.3, 0.4) is 0 Å². The normalized spacial score (nSPS) is 10.8. The van der Waals surface area contributed by atoms with E-state index < -0.39 is 0 Å². The lowest BCUT2D eigenvalue weighted by Crippen LogP contribution is -2.05. The van der Waals surface area contributed by atoms with E-state index >= 15 is 0 Å². The molecule has 8 nitrogen and oxygen atoms in total. The average molecular weight is 377 g/mol. The minimum absolute atomic E-state index is 0.109. The number of hydrogen-bond donors (Lipinski definition) is 3. The summed E-state index contributed by atoms with van der Waals surface area (Å²) in [5.74, 6) is 1.81. The molecule has 1 amide bonds. The highest BCUT2D eigenvalue weighted by Crippen LogP contribution is 2.36. The number of nitrogens with zero attached hydrogens (tertiary/aromatic N) is 2. The number of anilines is 3.